The van der Waals surface area contributed by atoms with Gasteiger partial charge in [0.15, 0.2) is 0 Å². The standard InChI is InChI=1S/C18H24N2O2/c1-2-3-5-10-17-19(12-11-18(21)22)13-14-20(17)15-16-8-6-4-7-9-16/h4,6-9,13-14H,2-3,5,10-12,15H2,1H3/p+1. The summed E-state index contributed by atoms with van der Waals surface area (Å²) in [6, 6.07) is 10.4. The predicted octanol–water partition coefficient (Wildman–Crippen LogP) is 3.03. The summed E-state index contributed by atoms with van der Waals surface area (Å²) >= 11 is 0. The number of hydrogen-bond donors (Lipinski definition) is 1. The number of hydrogen-bond acceptors (Lipinski definition) is 1. The highest BCUT2D eigenvalue weighted by molar-refractivity contribution is 5.66. The van der Waals surface area contributed by atoms with Gasteiger partial charge >= 0.3 is 5.97 Å². The lowest BCUT2D eigenvalue weighted by Gasteiger charge is -2.05. The van der Waals surface area contributed by atoms with Crippen molar-refractivity contribution in [1.82, 2.24) is 4.57 Å². The molecule has 4 nitrogen and oxygen atoms in total. The maximum absolute atomic E-state index is 10.8. The van der Waals surface area contributed by atoms with Crippen molar-refractivity contribution >= 4 is 5.97 Å². The van der Waals surface area contributed by atoms with Gasteiger partial charge in [-0.2, -0.15) is 0 Å². The van der Waals surface area contributed by atoms with Crippen molar-refractivity contribution in [2.24, 2.45) is 0 Å². The molecule has 1 heterocycles. The summed E-state index contributed by atoms with van der Waals surface area (Å²) in [6.07, 6.45) is 8.77. The Hall–Kier alpha value is -2.10. The number of aromatic nitrogens is 2. The molecule has 118 valence electrons. The van der Waals surface area contributed by atoms with Crippen molar-refractivity contribution in [3.63, 3.8) is 0 Å². The number of carbonyl (C=O) groups is 1. The maximum atomic E-state index is 10.8. The van der Waals surface area contributed by atoms with E-state index in [2.05, 4.69) is 34.4 Å². The zero-order chi connectivity index (χ0) is 15.8. The summed E-state index contributed by atoms with van der Waals surface area (Å²) in [5, 5.41) is 8.90. The highest BCUT2D eigenvalue weighted by Gasteiger charge is 2.17. The van der Waals surface area contributed by atoms with Gasteiger partial charge in [0.1, 0.15) is 25.5 Å². The van der Waals surface area contributed by atoms with E-state index in [1.54, 1.807) is 0 Å². The molecule has 0 bridgehead atoms. The summed E-state index contributed by atoms with van der Waals surface area (Å²) in [4.78, 5) is 10.8. The molecular formula is C18H25N2O2+. The lowest BCUT2D eigenvalue weighted by Crippen LogP contribution is -2.38. The largest absolute Gasteiger partial charge is 0.481 e. The van der Waals surface area contributed by atoms with Crippen molar-refractivity contribution in [3.8, 4) is 0 Å². The maximum Gasteiger partial charge on any atom is 0.307 e. The summed E-state index contributed by atoms with van der Waals surface area (Å²) in [5.74, 6) is 0.473. The van der Waals surface area contributed by atoms with Gasteiger partial charge in [-0.1, -0.05) is 50.1 Å². The van der Waals surface area contributed by atoms with Crippen LogP contribution in [0.5, 0.6) is 0 Å². The zero-order valence-electron chi connectivity index (χ0n) is 13.2. The van der Waals surface area contributed by atoms with Crippen molar-refractivity contribution in [2.75, 3.05) is 0 Å². The summed E-state index contributed by atoms with van der Waals surface area (Å²) < 4.78 is 4.33. The Balaban J connectivity index is 2.14. The Kier molecular flexibility index (Phi) is 6.19. The molecule has 0 amide bonds. The van der Waals surface area contributed by atoms with Crippen LogP contribution >= 0.6 is 0 Å². The SMILES string of the molecule is CCCCCc1n(CCC(=O)O)cc[n+]1Cc1ccccc1. The zero-order valence-corrected chi connectivity index (χ0v) is 13.2. The molecule has 0 aliphatic heterocycles. The first-order chi connectivity index (χ1) is 10.7. The van der Waals surface area contributed by atoms with E-state index in [1.807, 2.05) is 24.4 Å². The molecule has 0 saturated heterocycles. The second-order valence-corrected chi connectivity index (χ2v) is 5.62. The Labute approximate surface area is 132 Å². The first-order valence-corrected chi connectivity index (χ1v) is 8.04. The lowest BCUT2D eigenvalue weighted by atomic mass is 10.2. The van der Waals surface area contributed by atoms with Crippen LogP contribution in [0, 0.1) is 0 Å². The number of unbranched alkanes of at least 4 members (excludes halogenated alkanes) is 2. The predicted molar refractivity (Wildman–Crippen MR) is 85.7 cm³/mol. The van der Waals surface area contributed by atoms with Gasteiger partial charge in [-0.15, -0.1) is 0 Å². The molecule has 0 radical (unpaired) electrons. The highest BCUT2D eigenvalue weighted by Crippen LogP contribution is 2.07. The van der Waals surface area contributed by atoms with Gasteiger partial charge in [0.25, 0.3) is 5.82 Å². The van der Waals surface area contributed by atoms with Crippen molar-refractivity contribution in [1.29, 1.82) is 0 Å². The van der Waals surface area contributed by atoms with Crippen LogP contribution in [-0.4, -0.2) is 15.6 Å². The monoisotopic (exact) mass is 301 g/mol. The van der Waals surface area contributed by atoms with Crippen molar-refractivity contribution in [3.05, 3.63) is 54.1 Å². The van der Waals surface area contributed by atoms with E-state index in [0.29, 0.717) is 6.54 Å². The molecule has 1 aromatic carbocycles. The third kappa shape index (κ3) is 4.72. The van der Waals surface area contributed by atoms with Gasteiger partial charge in [0.2, 0.25) is 0 Å². The fraction of sp³-hybridized carbons (Fsp3) is 0.444. The average molecular weight is 301 g/mol. The third-order valence-electron chi connectivity index (χ3n) is 3.86. The van der Waals surface area contributed by atoms with Crippen LogP contribution in [0.1, 0.15) is 44.0 Å². The van der Waals surface area contributed by atoms with E-state index in [-0.39, 0.29) is 6.42 Å². The van der Waals surface area contributed by atoms with Crippen molar-refractivity contribution < 1.29 is 14.5 Å². The van der Waals surface area contributed by atoms with Gasteiger partial charge in [-0.3, -0.25) is 4.79 Å². The summed E-state index contributed by atoms with van der Waals surface area (Å²) in [7, 11) is 0. The van der Waals surface area contributed by atoms with E-state index < -0.39 is 5.97 Å². The number of aliphatic carboxylic acids is 1. The van der Waals surface area contributed by atoms with Crippen LogP contribution in [0.2, 0.25) is 0 Å². The van der Waals surface area contributed by atoms with Gasteiger partial charge in [-0.05, 0) is 12.0 Å². The van der Waals surface area contributed by atoms with E-state index in [0.717, 1.165) is 19.4 Å². The Morgan fingerprint density at radius 3 is 2.68 bits per heavy atom. The Morgan fingerprint density at radius 1 is 1.23 bits per heavy atom. The summed E-state index contributed by atoms with van der Waals surface area (Å²) in [6.45, 7) is 3.57. The Bertz CT molecular complexity index is 590. The first-order valence-electron chi connectivity index (χ1n) is 8.04. The normalized spacial score (nSPS) is 10.8. The molecule has 0 unspecified atom stereocenters. The minimum absolute atomic E-state index is 0.167. The molecule has 2 aromatic rings. The molecular weight excluding hydrogens is 276 g/mol. The topological polar surface area (TPSA) is 46.1 Å². The summed E-state index contributed by atoms with van der Waals surface area (Å²) in [5.41, 5.74) is 1.26. The number of nitrogens with zero attached hydrogens (tertiary/aromatic N) is 2. The molecule has 1 N–H and O–H groups in total. The lowest BCUT2D eigenvalue weighted by molar-refractivity contribution is -0.695. The van der Waals surface area contributed by atoms with Crippen LogP contribution in [0.15, 0.2) is 42.7 Å². The molecule has 4 heteroatoms. The molecule has 2 rings (SSSR count). The van der Waals surface area contributed by atoms with Crippen LogP contribution in [0.4, 0.5) is 0 Å². The number of benzene rings is 1. The van der Waals surface area contributed by atoms with E-state index >= 15 is 0 Å². The van der Waals surface area contributed by atoms with Gasteiger partial charge < -0.3 is 5.11 Å². The second-order valence-electron chi connectivity index (χ2n) is 5.62. The van der Waals surface area contributed by atoms with E-state index in [4.69, 9.17) is 5.11 Å². The second kappa shape index (κ2) is 8.37. The van der Waals surface area contributed by atoms with E-state index in [1.165, 1.54) is 24.2 Å². The molecule has 0 aliphatic rings. The van der Waals surface area contributed by atoms with Crippen LogP contribution in [-0.2, 0) is 24.3 Å². The van der Waals surface area contributed by atoms with Crippen LogP contribution in [0.3, 0.4) is 0 Å². The fourth-order valence-electron chi connectivity index (χ4n) is 2.66. The average Bonchev–Trinajstić information content (AvgIpc) is 2.89. The number of carboxylic acid groups (broad SMARTS) is 1. The first kappa shape index (κ1) is 16.3. The van der Waals surface area contributed by atoms with Gasteiger partial charge in [0.05, 0.1) is 6.42 Å². The fourth-order valence-corrected chi connectivity index (χ4v) is 2.66. The molecule has 0 saturated carbocycles. The third-order valence-corrected chi connectivity index (χ3v) is 3.86. The molecule has 0 spiro atoms. The minimum atomic E-state index is -0.747. The van der Waals surface area contributed by atoms with E-state index in [9.17, 15) is 4.79 Å². The quantitative estimate of drug-likeness (QED) is 0.571. The van der Waals surface area contributed by atoms with Crippen LogP contribution < -0.4 is 4.57 Å². The van der Waals surface area contributed by atoms with Crippen LogP contribution in [0.25, 0.3) is 0 Å². The molecule has 22 heavy (non-hydrogen) atoms. The highest BCUT2D eigenvalue weighted by atomic mass is 16.4. The number of aryl methyl sites for hydroxylation is 1. The smallest absolute Gasteiger partial charge is 0.307 e. The van der Waals surface area contributed by atoms with Gasteiger partial charge in [0, 0.05) is 6.42 Å². The Morgan fingerprint density at radius 2 is 2.00 bits per heavy atom. The number of rotatable bonds is 9. The molecule has 1 aromatic heterocycles. The van der Waals surface area contributed by atoms with Crippen molar-refractivity contribution in [2.45, 2.75) is 52.1 Å². The van der Waals surface area contributed by atoms with Gasteiger partial charge in [-0.25, -0.2) is 9.13 Å². The minimum Gasteiger partial charge on any atom is -0.481 e. The molecule has 0 aliphatic carbocycles. The molecule has 0 atom stereocenters. The number of carboxylic acids is 1. The molecule has 0 fully saturated rings. The number of imidazole rings is 1.